The molecule has 1 amide bonds. The number of hydrogen-bond donors (Lipinski definition) is 1. The van der Waals surface area contributed by atoms with Crippen LogP contribution in [0.2, 0.25) is 0 Å². The molecule has 2 heterocycles. The number of carbonyl (C=O) groups excluding carboxylic acids is 1. The zero-order valence-electron chi connectivity index (χ0n) is 14.3. The Morgan fingerprint density at radius 3 is 2.70 bits per heavy atom. The van der Waals surface area contributed by atoms with Crippen LogP contribution >= 0.6 is 0 Å². The number of nitrogens with one attached hydrogen (secondary N) is 1. The van der Waals surface area contributed by atoms with Crippen molar-refractivity contribution < 1.29 is 4.79 Å². The fourth-order valence-electron chi connectivity index (χ4n) is 3.83. The Hall–Kier alpha value is -1.58. The molecule has 2 aliphatic rings. The summed E-state index contributed by atoms with van der Waals surface area (Å²) in [5, 5.41) is 3.62. The number of anilines is 1. The SMILES string of the molecule is CC1CCCN(C(=O)c2cc(NC3CCCCCC3)ccn2)C1. The Bertz CT molecular complexity index is 523. The van der Waals surface area contributed by atoms with Crippen LogP contribution in [0.4, 0.5) is 5.69 Å². The molecule has 1 saturated carbocycles. The van der Waals surface area contributed by atoms with E-state index in [-0.39, 0.29) is 5.91 Å². The summed E-state index contributed by atoms with van der Waals surface area (Å²) in [5.74, 6) is 0.682. The Kier molecular flexibility index (Phi) is 5.52. The average Bonchev–Trinajstić information content (AvgIpc) is 2.83. The van der Waals surface area contributed by atoms with Crippen LogP contribution in [0.5, 0.6) is 0 Å². The summed E-state index contributed by atoms with van der Waals surface area (Å²) in [6.45, 7) is 3.95. The van der Waals surface area contributed by atoms with Crippen molar-refractivity contribution >= 4 is 11.6 Å². The average molecular weight is 315 g/mol. The summed E-state index contributed by atoms with van der Waals surface area (Å²) in [6.07, 6.45) is 11.9. The lowest BCUT2D eigenvalue weighted by Crippen LogP contribution is -2.39. The van der Waals surface area contributed by atoms with E-state index in [1.807, 2.05) is 17.0 Å². The largest absolute Gasteiger partial charge is 0.382 e. The van der Waals surface area contributed by atoms with Crippen molar-refractivity contribution in [3.8, 4) is 0 Å². The van der Waals surface area contributed by atoms with Gasteiger partial charge in [0.05, 0.1) is 0 Å². The van der Waals surface area contributed by atoms with Crippen LogP contribution in [0, 0.1) is 5.92 Å². The Morgan fingerprint density at radius 1 is 1.17 bits per heavy atom. The first-order valence-electron chi connectivity index (χ1n) is 9.24. The van der Waals surface area contributed by atoms with Crippen molar-refractivity contribution in [2.75, 3.05) is 18.4 Å². The number of carbonyl (C=O) groups is 1. The van der Waals surface area contributed by atoms with Crippen LogP contribution < -0.4 is 5.32 Å². The zero-order valence-corrected chi connectivity index (χ0v) is 14.3. The summed E-state index contributed by atoms with van der Waals surface area (Å²) < 4.78 is 0. The van der Waals surface area contributed by atoms with E-state index in [1.165, 1.54) is 44.9 Å². The van der Waals surface area contributed by atoms with Crippen molar-refractivity contribution in [2.24, 2.45) is 5.92 Å². The molecule has 4 nitrogen and oxygen atoms in total. The maximum Gasteiger partial charge on any atom is 0.272 e. The summed E-state index contributed by atoms with van der Waals surface area (Å²) in [4.78, 5) is 19.0. The monoisotopic (exact) mass is 315 g/mol. The Morgan fingerprint density at radius 2 is 1.96 bits per heavy atom. The van der Waals surface area contributed by atoms with Gasteiger partial charge in [0.25, 0.3) is 5.91 Å². The van der Waals surface area contributed by atoms with Crippen LogP contribution in [-0.4, -0.2) is 34.9 Å². The van der Waals surface area contributed by atoms with Gasteiger partial charge in [-0.1, -0.05) is 32.6 Å². The van der Waals surface area contributed by atoms with E-state index in [9.17, 15) is 4.79 Å². The molecular weight excluding hydrogens is 286 g/mol. The van der Waals surface area contributed by atoms with Crippen LogP contribution in [0.3, 0.4) is 0 Å². The molecule has 1 unspecified atom stereocenters. The molecule has 0 aromatic carbocycles. The fourth-order valence-corrected chi connectivity index (χ4v) is 3.83. The van der Waals surface area contributed by atoms with E-state index < -0.39 is 0 Å². The van der Waals surface area contributed by atoms with Crippen molar-refractivity contribution in [3.05, 3.63) is 24.0 Å². The van der Waals surface area contributed by atoms with Gasteiger partial charge in [0.2, 0.25) is 0 Å². The standard InChI is InChI=1S/C19H29N3O/c1-15-7-6-12-22(14-15)19(23)18-13-17(10-11-20-18)21-16-8-4-2-3-5-9-16/h10-11,13,15-16H,2-9,12,14H2,1H3,(H,20,21). The molecule has 1 aromatic heterocycles. The van der Waals surface area contributed by atoms with E-state index in [0.717, 1.165) is 25.2 Å². The van der Waals surface area contributed by atoms with Gasteiger partial charge < -0.3 is 10.2 Å². The predicted molar refractivity (Wildman–Crippen MR) is 93.7 cm³/mol. The van der Waals surface area contributed by atoms with Gasteiger partial charge in [0.1, 0.15) is 5.69 Å². The number of piperidine rings is 1. The molecule has 0 radical (unpaired) electrons. The van der Waals surface area contributed by atoms with Gasteiger partial charge in [-0.3, -0.25) is 9.78 Å². The topological polar surface area (TPSA) is 45.2 Å². The summed E-state index contributed by atoms with van der Waals surface area (Å²) in [7, 11) is 0. The van der Waals surface area contributed by atoms with E-state index in [2.05, 4.69) is 17.2 Å². The van der Waals surface area contributed by atoms with E-state index in [4.69, 9.17) is 0 Å². The van der Waals surface area contributed by atoms with Gasteiger partial charge in [0.15, 0.2) is 0 Å². The summed E-state index contributed by atoms with van der Waals surface area (Å²) in [5.41, 5.74) is 1.62. The third-order valence-corrected chi connectivity index (χ3v) is 5.15. The van der Waals surface area contributed by atoms with Crippen molar-refractivity contribution in [1.29, 1.82) is 0 Å². The number of likely N-dealkylation sites (tertiary alicyclic amines) is 1. The minimum absolute atomic E-state index is 0.0843. The third-order valence-electron chi connectivity index (χ3n) is 5.15. The molecule has 1 aromatic rings. The second kappa shape index (κ2) is 7.80. The molecule has 1 saturated heterocycles. The van der Waals surface area contributed by atoms with Gasteiger partial charge >= 0.3 is 0 Å². The highest BCUT2D eigenvalue weighted by Crippen LogP contribution is 2.22. The first kappa shape index (κ1) is 16.3. The first-order valence-corrected chi connectivity index (χ1v) is 9.24. The molecule has 1 N–H and O–H groups in total. The lowest BCUT2D eigenvalue weighted by atomic mass is 10.00. The van der Waals surface area contributed by atoms with Gasteiger partial charge in [-0.15, -0.1) is 0 Å². The van der Waals surface area contributed by atoms with Crippen molar-refractivity contribution in [3.63, 3.8) is 0 Å². The highest BCUT2D eigenvalue weighted by Gasteiger charge is 2.23. The van der Waals surface area contributed by atoms with Gasteiger partial charge in [-0.25, -0.2) is 0 Å². The molecule has 1 atom stereocenters. The van der Waals surface area contributed by atoms with Gasteiger partial charge in [0, 0.05) is 31.0 Å². The molecule has 126 valence electrons. The highest BCUT2D eigenvalue weighted by molar-refractivity contribution is 5.93. The van der Waals surface area contributed by atoms with E-state index >= 15 is 0 Å². The van der Waals surface area contributed by atoms with Crippen LogP contribution in [0.1, 0.15) is 68.8 Å². The molecule has 3 rings (SSSR count). The van der Waals surface area contributed by atoms with Gasteiger partial charge in [-0.05, 0) is 43.7 Å². The van der Waals surface area contributed by atoms with Crippen molar-refractivity contribution in [2.45, 2.75) is 64.3 Å². The maximum absolute atomic E-state index is 12.7. The molecular formula is C19H29N3O. The molecule has 1 aliphatic carbocycles. The number of aromatic nitrogens is 1. The predicted octanol–water partition coefficient (Wildman–Crippen LogP) is 4.09. The molecule has 2 fully saturated rings. The Labute approximate surface area is 139 Å². The smallest absolute Gasteiger partial charge is 0.272 e. The van der Waals surface area contributed by atoms with E-state index in [0.29, 0.717) is 17.7 Å². The number of nitrogens with zero attached hydrogens (tertiary/aromatic N) is 2. The van der Waals surface area contributed by atoms with Crippen LogP contribution in [0.15, 0.2) is 18.3 Å². The summed E-state index contributed by atoms with van der Waals surface area (Å²) >= 11 is 0. The lowest BCUT2D eigenvalue weighted by Gasteiger charge is -2.30. The second-order valence-corrected chi connectivity index (χ2v) is 7.26. The lowest BCUT2D eigenvalue weighted by molar-refractivity contribution is 0.0677. The fraction of sp³-hybridized carbons (Fsp3) is 0.684. The number of amides is 1. The van der Waals surface area contributed by atoms with Crippen LogP contribution in [0.25, 0.3) is 0 Å². The van der Waals surface area contributed by atoms with Gasteiger partial charge in [-0.2, -0.15) is 0 Å². The number of pyridine rings is 1. The molecule has 23 heavy (non-hydrogen) atoms. The zero-order chi connectivity index (χ0) is 16.1. The minimum atomic E-state index is 0.0843. The number of rotatable bonds is 3. The van der Waals surface area contributed by atoms with E-state index in [1.54, 1.807) is 6.20 Å². The molecule has 1 aliphatic heterocycles. The number of hydrogen-bond acceptors (Lipinski definition) is 3. The third kappa shape index (κ3) is 4.46. The highest BCUT2D eigenvalue weighted by atomic mass is 16.2. The molecule has 0 spiro atoms. The quantitative estimate of drug-likeness (QED) is 0.855. The normalized spacial score (nSPS) is 23.3. The molecule has 4 heteroatoms. The second-order valence-electron chi connectivity index (χ2n) is 7.26. The first-order chi connectivity index (χ1) is 11.2. The van der Waals surface area contributed by atoms with Crippen LogP contribution in [-0.2, 0) is 0 Å². The Balaban J connectivity index is 1.65. The maximum atomic E-state index is 12.7. The summed E-state index contributed by atoms with van der Waals surface area (Å²) in [6, 6.07) is 4.46. The minimum Gasteiger partial charge on any atom is -0.382 e. The molecule has 0 bridgehead atoms. The van der Waals surface area contributed by atoms with Crippen molar-refractivity contribution in [1.82, 2.24) is 9.88 Å².